The second-order valence-electron chi connectivity index (χ2n) is 9.78. The van der Waals surface area contributed by atoms with Crippen molar-refractivity contribution in [2.45, 2.75) is 71.9 Å². The molecule has 1 N–H and O–H groups in total. The number of ether oxygens (including phenoxy) is 1. The molecule has 0 saturated carbocycles. The summed E-state index contributed by atoms with van der Waals surface area (Å²) in [7, 11) is 2.11. The summed E-state index contributed by atoms with van der Waals surface area (Å²) in [5, 5.41) is 6.89. The summed E-state index contributed by atoms with van der Waals surface area (Å²) in [4.78, 5) is 10.6. The van der Waals surface area contributed by atoms with E-state index in [9.17, 15) is 4.39 Å². The third-order valence-electron chi connectivity index (χ3n) is 5.91. The molecule has 0 aliphatic carbocycles. The quantitative estimate of drug-likeness (QED) is 0.471. The van der Waals surface area contributed by atoms with Gasteiger partial charge in [0.15, 0.2) is 0 Å². The van der Waals surface area contributed by atoms with Crippen molar-refractivity contribution in [3.8, 4) is 17.6 Å². The van der Waals surface area contributed by atoms with E-state index in [2.05, 4.69) is 70.5 Å². The zero-order valence-corrected chi connectivity index (χ0v) is 20.9. The van der Waals surface area contributed by atoms with Crippen LogP contribution >= 0.6 is 0 Å². The molecule has 33 heavy (non-hydrogen) atoms. The van der Waals surface area contributed by atoms with Gasteiger partial charge in [-0.2, -0.15) is 0 Å². The molecule has 5 heteroatoms. The molecule has 0 bridgehead atoms. The predicted octanol–water partition coefficient (Wildman–Crippen LogP) is 5.78. The van der Waals surface area contributed by atoms with Crippen molar-refractivity contribution in [3.63, 3.8) is 0 Å². The maximum absolute atomic E-state index is 14.1. The summed E-state index contributed by atoms with van der Waals surface area (Å²) in [6.07, 6.45) is 1.63. The van der Waals surface area contributed by atoms with Crippen LogP contribution in [-0.4, -0.2) is 35.7 Å². The SMILES string of the molecule is CCc1ccc(C#Cc2cc(CN(C)CC)c3c(c2)C(C)(C)CC(C)(C)O3)cc1F.O=CO. The van der Waals surface area contributed by atoms with E-state index in [1.807, 2.05) is 19.1 Å². The first-order chi connectivity index (χ1) is 15.5. The lowest BCUT2D eigenvalue weighted by molar-refractivity contribution is -0.122. The van der Waals surface area contributed by atoms with Crippen LogP contribution in [-0.2, 0) is 23.2 Å². The minimum absolute atomic E-state index is 0.0107. The van der Waals surface area contributed by atoms with Crippen LogP contribution in [0.15, 0.2) is 30.3 Å². The fourth-order valence-electron chi connectivity index (χ4n) is 4.43. The molecule has 0 unspecified atom stereocenters. The Labute approximate surface area is 197 Å². The van der Waals surface area contributed by atoms with Crippen molar-refractivity contribution in [1.82, 2.24) is 4.90 Å². The molecular formula is C28H36FNO3. The number of hydrogen-bond acceptors (Lipinski definition) is 3. The molecule has 0 fully saturated rings. The Hall–Kier alpha value is -2.84. The average Bonchev–Trinajstić information content (AvgIpc) is 2.72. The summed E-state index contributed by atoms with van der Waals surface area (Å²) in [5.41, 5.74) is 4.53. The maximum atomic E-state index is 14.1. The van der Waals surface area contributed by atoms with Gasteiger partial charge in [0.2, 0.25) is 0 Å². The fraction of sp³-hybridized carbons (Fsp3) is 0.464. The molecule has 0 atom stereocenters. The lowest BCUT2D eigenvalue weighted by atomic mass is 9.72. The van der Waals surface area contributed by atoms with Crippen LogP contribution in [0.4, 0.5) is 4.39 Å². The Morgan fingerprint density at radius 1 is 1.09 bits per heavy atom. The highest BCUT2D eigenvalue weighted by atomic mass is 19.1. The van der Waals surface area contributed by atoms with Crippen molar-refractivity contribution >= 4 is 6.47 Å². The lowest BCUT2D eigenvalue weighted by Gasteiger charge is -2.43. The number of rotatable bonds is 4. The molecule has 0 radical (unpaired) electrons. The van der Waals surface area contributed by atoms with Crippen molar-refractivity contribution in [2.24, 2.45) is 0 Å². The van der Waals surface area contributed by atoms with Crippen molar-refractivity contribution in [3.05, 3.63) is 64.0 Å². The smallest absolute Gasteiger partial charge is 0.290 e. The van der Waals surface area contributed by atoms with Gasteiger partial charge in [0.1, 0.15) is 17.2 Å². The minimum atomic E-state index is -0.250. The van der Waals surface area contributed by atoms with Crippen LogP contribution in [0, 0.1) is 17.7 Å². The van der Waals surface area contributed by atoms with Crippen molar-refractivity contribution in [1.29, 1.82) is 0 Å². The number of carbonyl (C=O) groups is 1. The monoisotopic (exact) mass is 453 g/mol. The number of halogens is 1. The molecular weight excluding hydrogens is 417 g/mol. The van der Waals surface area contributed by atoms with E-state index in [0.717, 1.165) is 42.0 Å². The summed E-state index contributed by atoms with van der Waals surface area (Å²) < 4.78 is 20.6. The molecule has 0 spiro atoms. The molecule has 2 aromatic rings. The number of nitrogens with zero attached hydrogens (tertiary/aromatic N) is 1. The highest BCUT2D eigenvalue weighted by molar-refractivity contribution is 5.55. The van der Waals surface area contributed by atoms with E-state index in [1.54, 1.807) is 0 Å². The Morgan fingerprint density at radius 2 is 1.73 bits per heavy atom. The number of hydrogen-bond donors (Lipinski definition) is 1. The van der Waals surface area contributed by atoms with Crippen LogP contribution < -0.4 is 4.74 Å². The predicted molar refractivity (Wildman–Crippen MR) is 131 cm³/mol. The van der Waals surface area contributed by atoms with Gasteiger partial charge in [0, 0.05) is 28.8 Å². The largest absolute Gasteiger partial charge is 0.487 e. The molecule has 178 valence electrons. The molecule has 4 nitrogen and oxygen atoms in total. The molecule has 0 amide bonds. The number of benzene rings is 2. The van der Waals surface area contributed by atoms with Gasteiger partial charge in [0.25, 0.3) is 6.47 Å². The molecule has 0 aromatic heterocycles. The van der Waals surface area contributed by atoms with Crippen LogP contribution in [0.1, 0.15) is 75.8 Å². The van der Waals surface area contributed by atoms with Crippen LogP contribution in [0.5, 0.6) is 5.75 Å². The molecule has 0 saturated heterocycles. The van der Waals surface area contributed by atoms with Crippen LogP contribution in [0.2, 0.25) is 0 Å². The Morgan fingerprint density at radius 3 is 2.30 bits per heavy atom. The van der Waals surface area contributed by atoms with E-state index in [1.165, 1.54) is 11.6 Å². The van der Waals surface area contributed by atoms with E-state index in [-0.39, 0.29) is 23.3 Å². The van der Waals surface area contributed by atoms with Crippen molar-refractivity contribution in [2.75, 3.05) is 13.6 Å². The highest BCUT2D eigenvalue weighted by Gasteiger charge is 2.40. The average molecular weight is 454 g/mol. The molecule has 1 aliphatic rings. The summed E-state index contributed by atoms with van der Waals surface area (Å²) >= 11 is 0. The van der Waals surface area contributed by atoms with Crippen molar-refractivity contribution < 1.29 is 19.0 Å². The Kier molecular flexibility index (Phi) is 8.69. The summed E-state index contributed by atoms with van der Waals surface area (Å²) in [6, 6.07) is 9.54. The van der Waals surface area contributed by atoms with E-state index in [0.29, 0.717) is 12.0 Å². The molecule has 1 aliphatic heterocycles. The van der Waals surface area contributed by atoms with Crippen LogP contribution in [0.3, 0.4) is 0 Å². The number of fused-ring (bicyclic) bond motifs is 1. The van der Waals surface area contributed by atoms with Gasteiger partial charge in [-0.3, -0.25) is 4.79 Å². The third-order valence-corrected chi connectivity index (χ3v) is 5.91. The Bertz CT molecular complexity index is 1050. The number of carboxylic acid groups (broad SMARTS) is 1. The van der Waals surface area contributed by atoms with Gasteiger partial charge in [-0.25, -0.2) is 4.39 Å². The first kappa shape index (κ1) is 26.4. The zero-order chi connectivity index (χ0) is 24.8. The molecule has 3 rings (SSSR count). The Balaban J connectivity index is 0.00000122. The second kappa shape index (κ2) is 10.9. The van der Waals surface area contributed by atoms with Gasteiger partial charge in [-0.05, 0) is 75.5 Å². The van der Waals surface area contributed by atoms with E-state index in [4.69, 9.17) is 14.6 Å². The lowest BCUT2D eigenvalue weighted by Crippen LogP contribution is -2.42. The fourth-order valence-corrected chi connectivity index (χ4v) is 4.43. The van der Waals surface area contributed by atoms with Crippen LogP contribution in [0.25, 0.3) is 0 Å². The van der Waals surface area contributed by atoms with E-state index >= 15 is 0 Å². The minimum Gasteiger partial charge on any atom is -0.487 e. The molecule has 1 heterocycles. The highest BCUT2D eigenvalue weighted by Crippen LogP contribution is 2.46. The summed E-state index contributed by atoms with van der Waals surface area (Å²) in [6.45, 7) is 14.5. The number of aryl methyl sites for hydroxylation is 1. The van der Waals surface area contributed by atoms with Gasteiger partial charge in [0.05, 0.1) is 0 Å². The summed E-state index contributed by atoms with van der Waals surface area (Å²) in [5.74, 6) is 7.25. The van der Waals surface area contributed by atoms with Gasteiger partial charge >= 0.3 is 0 Å². The topological polar surface area (TPSA) is 49.8 Å². The third kappa shape index (κ3) is 6.82. The van der Waals surface area contributed by atoms with E-state index < -0.39 is 0 Å². The first-order valence-electron chi connectivity index (χ1n) is 11.4. The molecule has 2 aromatic carbocycles. The van der Waals surface area contributed by atoms with Gasteiger partial charge < -0.3 is 14.7 Å². The maximum Gasteiger partial charge on any atom is 0.290 e. The van der Waals surface area contributed by atoms with Gasteiger partial charge in [-0.1, -0.05) is 45.6 Å². The first-order valence-corrected chi connectivity index (χ1v) is 11.4. The second-order valence-corrected chi connectivity index (χ2v) is 9.78. The zero-order valence-electron chi connectivity index (χ0n) is 20.9. The van der Waals surface area contributed by atoms with Gasteiger partial charge in [-0.15, -0.1) is 0 Å². The normalized spacial score (nSPS) is 15.3. The standard InChI is InChI=1S/C27H34FNO.CH2O2/c1-8-21-13-12-19(16-24(21)28)10-11-20-14-22(17-29(7)9-2)25-23(15-20)26(3,4)18-27(5,6)30-25;2-1-3/h12-16H,8-9,17-18H2,1-7H3;1H,(H,2,3).